The summed E-state index contributed by atoms with van der Waals surface area (Å²) >= 11 is 0. The van der Waals surface area contributed by atoms with Crippen molar-refractivity contribution in [3.05, 3.63) is 0 Å². The zero-order valence-corrected chi connectivity index (χ0v) is 11.4. The van der Waals surface area contributed by atoms with Gasteiger partial charge in [0.1, 0.15) is 0 Å². The molecule has 1 amide bonds. The average Bonchev–Trinajstić information content (AvgIpc) is 2.83. The number of likely N-dealkylation sites (tertiary alicyclic amines) is 1. The fourth-order valence-electron chi connectivity index (χ4n) is 4.10. The van der Waals surface area contributed by atoms with Gasteiger partial charge in [-0.25, -0.2) is 0 Å². The van der Waals surface area contributed by atoms with E-state index in [9.17, 15) is 4.79 Å². The van der Waals surface area contributed by atoms with Gasteiger partial charge in [0.2, 0.25) is 5.91 Å². The lowest BCUT2D eigenvalue weighted by Gasteiger charge is -2.34. The minimum absolute atomic E-state index is 0.357. The Morgan fingerprint density at radius 3 is 2.50 bits per heavy atom. The molecule has 1 spiro atoms. The highest BCUT2D eigenvalue weighted by molar-refractivity contribution is 5.79. The molecule has 2 saturated heterocycles. The molecule has 3 aliphatic rings. The first kappa shape index (κ1) is 12.5. The van der Waals surface area contributed by atoms with Crippen molar-refractivity contribution < 1.29 is 4.79 Å². The number of piperidine rings is 1. The molecule has 0 atom stereocenters. The molecule has 102 valence electrons. The van der Waals surface area contributed by atoms with Gasteiger partial charge in [0.25, 0.3) is 0 Å². The van der Waals surface area contributed by atoms with E-state index in [0.717, 1.165) is 39.0 Å². The highest BCUT2D eigenvalue weighted by Gasteiger charge is 2.41. The number of nitrogens with zero attached hydrogens (tertiary/aromatic N) is 1. The lowest BCUT2D eigenvalue weighted by atomic mass is 9.78. The zero-order chi connectivity index (χ0) is 12.4. The minimum Gasteiger partial charge on any atom is -0.342 e. The van der Waals surface area contributed by atoms with Crippen LogP contribution in [-0.4, -0.2) is 37.0 Å². The maximum Gasteiger partial charge on any atom is 0.225 e. The third-order valence-electron chi connectivity index (χ3n) is 5.37. The van der Waals surface area contributed by atoms with Crippen molar-refractivity contribution in [3.63, 3.8) is 0 Å². The van der Waals surface area contributed by atoms with Crippen LogP contribution in [0.4, 0.5) is 0 Å². The van der Waals surface area contributed by atoms with E-state index in [1.165, 1.54) is 38.5 Å². The Bertz CT molecular complexity index is 304. The number of hydrogen-bond donors (Lipinski definition) is 1. The van der Waals surface area contributed by atoms with Crippen LogP contribution >= 0.6 is 0 Å². The highest BCUT2D eigenvalue weighted by Crippen LogP contribution is 2.39. The molecule has 0 radical (unpaired) electrons. The van der Waals surface area contributed by atoms with Gasteiger partial charge in [-0.15, -0.1) is 0 Å². The van der Waals surface area contributed by atoms with Gasteiger partial charge in [0.05, 0.1) is 0 Å². The van der Waals surface area contributed by atoms with Crippen LogP contribution in [0.3, 0.4) is 0 Å². The number of carbonyl (C=O) groups is 1. The van der Waals surface area contributed by atoms with Crippen LogP contribution in [0.1, 0.15) is 51.4 Å². The smallest absolute Gasteiger partial charge is 0.225 e. The van der Waals surface area contributed by atoms with E-state index in [0.29, 0.717) is 17.2 Å². The van der Waals surface area contributed by atoms with Crippen molar-refractivity contribution in [2.24, 2.45) is 11.3 Å². The third-order valence-corrected chi connectivity index (χ3v) is 5.37. The predicted octanol–water partition coefficient (Wildman–Crippen LogP) is 2.17. The number of rotatable bonds is 1. The van der Waals surface area contributed by atoms with E-state index < -0.39 is 0 Å². The SMILES string of the molecule is O=C(C1CCCCC1)N1CCC2(CCNCC2)C1. The summed E-state index contributed by atoms with van der Waals surface area (Å²) in [7, 11) is 0. The van der Waals surface area contributed by atoms with E-state index in [2.05, 4.69) is 10.2 Å². The molecular weight excluding hydrogens is 224 g/mol. The van der Waals surface area contributed by atoms with Gasteiger partial charge in [0.15, 0.2) is 0 Å². The van der Waals surface area contributed by atoms with Gasteiger partial charge >= 0.3 is 0 Å². The van der Waals surface area contributed by atoms with Crippen LogP contribution in [0, 0.1) is 11.3 Å². The first-order valence-corrected chi connectivity index (χ1v) is 7.79. The molecule has 1 aliphatic carbocycles. The van der Waals surface area contributed by atoms with Gasteiger partial charge in [0, 0.05) is 19.0 Å². The summed E-state index contributed by atoms with van der Waals surface area (Å²) in [5, 5.41) is 3.44. The first-order valence-electron chi connectivity index (χ1n) is 7.79. The topological polar surface area (TPSA) is 32.3 Å². The van der Waals surface area contributed by atoms with Crippen molar-refractivity contribution in [1.29, 1.82) is 0 Å². The zero-order valence-electron chi connectivity index (χ0n) is 11.4. The number of hydrogen-bond acceptors (Lipinski definition) is 2. The Labute approximate surface area is 110 Å². The molecule has 1 saturated carbocycles. The molecule has 0 aromatic carbocycles. The fourth-order valence-corrected chi connectivity index (χ4v) is 4.10. The second-order valence-electron chi connectivity index (χ2n) is 6.59. The van der Waals surface area contributed by atoms with Gasteiger partial charge in [-0.1, -0.05) is 19.3 Å². The number of nitrogens with one attached hydrogen (secondary N) is 1. The van der Waals surface area contributed by atoms with Crippen molar-refractivity contribution >= 4 is 5.91 Å². The molecule has 3 rings (SSSR count). The van der Waals surface area contributed by atoms with Gasteiger partial charge in [-0.2, -0.15) is 0 Å². The van der Waals surface area contributed by atoms with Crippen LogP contribution in [0.5, 0.6) is 0 Å². The Hall–Kier alpha value is -0.570. The molecule has 0 unspecified atom stereocenters. The summed E-state index contributed by atoms with van der Waals surface area (Å²) in [5.41, 5.74) is 0.468. The van der Waals surface area contributed by atoms with Gasteiger partial charge < -0.3 is 10.2 Å². The van der Waals surface area contributed by atoms with Gasteiger partial charge in [-0.05, 0) is 50.6 Å². The van der Waals surface area contributed by atoms with Crippen molar-refractivity contribution in [2.75, 3.05) is 26.2 Å². The van der Waals surface area contributed by atoms with Crippen molar-refractivity contribution in [3.8, 4) is 0 Å². The molecule has 0 aromatic heterocycles. The van der Waals surface area contributed by atoms with Crippen LogP contribution in [-0.2, 0) is 4.79 Å². The summed E-state index contributed by atoms with van der Waals surface area (Å²) < 4.78 is 0. The summed E-state index contributed by atoms with van der Waals surface area (Å²) in [4.78, 5) is 14.7. The quantitative estimate of drug-likeness (QED) is 0.773. The highest BCUT2D eigenvalue weighted by atomic mass is 16.2. The van der Waals surface area contributed by atoms with E-state index in [1.807, 2.05) is 0 Å². The van der Waals surface area contributed by atoms with Crippen molar-refractivity contribution in [2.45, 2.75) is 51.4 Å². The summed E-state index contributed by atoms with van der Waals surface area (Å²) in [6.45, 7) is 4.36. The summed E-state index contributed by atoms with van der Waals surface area (Å²) in [6, 6.07) is 0. The lowest BCUT2D eigenvalue weighted by molar-refractivity contribution is -0.136. The second kappa shape index (κ2) is 5.20. The monoisotopic (exact) mass is 250 g/mol. The lowest BCUT2D eigenvalue weighted by Crippen LogP contribution is -2.41. The molecule has 0 aromatic rings. The molecule has 18 heavy (non-hydrogen) atoms. The average molecular weight is 250 g/mol. The Morgan fingerprint density at radius 2 is 1.78 bits per heavy atom. The Kier molecular flexibility index (Phi) is 3.60. The molecule has 2 aliphatic heterocycles. The maximum absolute atomic E-state index is 12.5. The van der Waals surface area contributed by atoms with E-state index >= 15 is 0 Å². The van der Waals surface area contributed by atoms with E-state index in [1.54, 1.807) is 0 Å². The third kappa shape index (κ3) is 2.42. The molecule has 3 fully saturated rings. The Balaban J connectivity index is 1.59. The van der Waals surface area contributed by atoms with Crippen LogP contribution in [0.2, 0.25) is 0 Å². The number of carbonyl (C=O) groups excluding carboxylic acids is 1. The molecular formula is C15H26N2O. The summed E-state index contributed by atoms with van der Waals surface area (Å²) in [6.07, 6.45) is 9.92. The van der Waals surface area contributed by atoms with Crippen LogP contribution in [0.25, 0.3) is 0 Å². The largest absolute Gasteiger partial charge is 0.342 e. The molecule has 3 nitrogen and oxygen atoms in total. The van der Waals surface area contributed by atoms with E-state index in [4.69, 9.17) is 0 Å². The normalized spacial score (nSPS) is 28.8. The second-order valence-corrected chi connectivity index (χ2v) is 6.59. The first-order chi connectivity index (χ1) is 8.79. The van der Waals surface area contributed by atoms with E-state index in [-0.39, 0.29) is 0 Å². The van der Waals surface area contributed by atoms with Crippen LogP contribution < -0.4 is 5.32 Å². The molecule has 2 heterocycles. The van der Waals surface area contributed by atoms with Crippen molar-refractivity contribution in [1.82, 2.24) is 10.2 Å². The standard InChI is InChI=1S/C15H26N2O/c18-14(13-4-2-1-3-5-13)17-11-8-15(12-17)6-9-16-10-7-15/h13,16H,1-12H2. The molecule has 3 heteroatoms. The predicted molar refractivity (Wildman–Crippen MR) is 72.3 cm³/mol. The van der Waals surface area contributed by atoms with Gasteiger partial charge in [-0.3, -0.25) is 4.79 Å². The molecule has 0 bridgehead atoms. The fraction of sp³-hybridized carbons (Fsp3) is 0.933. The van der Waals surface area contributed by atoms with Crippen LogP contribution in [0.15, 0.2) is 0 Å². The number of amides is 1. The summed E-state index contributed by atoms with van der Waals surface area (Å²) in [5.74, 6) is 0.834. The Morgan fingerprint density at radius 1 is 1.06 bits per heavy atom. The minimum atomic E-state index is 0.357. The molecule has 1 N–H and O–H groups in total. The maximum atomic E-state index is 12.5.